The first-order chi connectivity index (χ1) is 11.9. The monoisotopic (exact) mass is 388 g/mol. The highest BCUT2D eigenvalue weighted by atomic mass is 35.5. The van der Waals surface area contributed by atoms with Gasteiger partial charge in [-0.2, -0.15) is 4.31 Å². The van der Waals surface area contributed by atoms with Gasteiger partial charge in [0.2, 0.25) is 15.9 Å². The summed E-state index contributed by atoms with van der Waals surface area (Å²) in [5.74, 6) is 0.166. The quantitative estimate of drug-likeness (QED) is 0.742. The van der Waals surface area contributed by atoms with Crippen LogP contribution in [-0.2, 0) is 14.8 Å². The molecule has 0 unspecified atom stereocenters. The molecule has 0 aliphatic heterocycles. The Kier molecular flexibility index (Phi) is 7.10. The average molecular weight is 389 g/mol. The van der Waals surface area contributed by atoms with Gasteiger partial charge in [0.05, 0.1) is 23.1 Å². The zero-order chi connectivity index (χ0) is 18.4. The van der Waals surface area contributed by atoms with Gasteiger partial charge in [-0.05, 0) is 38.0 Å². The summed E-state index contributed by atoms with van der Waals surface area (Å²) in [5.41, 5.74) is 0. The molecule has 1 saturated carbocycles. The summed E-state index contributed by atoms with van der Waals surface area (Å²) in [6, 6.07) is 4.50. The molecule has 2 rings (SSSR count). The second kappa shape index (κ2) is 8.87. The fourth-order valence-electron chi connectivity index (χ4n) is 2.93. The lowest BCUT2D eigenvalue weighted by molar-refractivity contribution is -0.121. The zero-order valence-electron chi connectivity index (χ0n) is 14.6. The fourth-order valence-corrected chi connectivity index (χ4v) is 4.67. The summed E-state index contributed by atoms with van der Waals surface area (Å²) < 4.78 is 32.1. The molecule has 6 nitrogen and oxygen atoms in total. The number of hydrogen-bond acceptors (Lipinski definition) is 4. The number of halogens is 1. The lowest BCUT2D eigenvalue weighted by Gasteiger charge is -2.21. The third-order valence-corrected chi connectivity index (χ3v) is 6.45. The Morgan fingerprint density at radius 3 is 2.56 bits per heavy atom. The van der Waals surface area contributed by atoms with Gasteiger partial charge in [-0.25, -0.2) is 8.42 Å². The molecular formula is C17H25ClN2O4S. The first-order valence-electron chi connectivity index (χ1n) is 8.60. The second-order valence-electron chi connectivity index (χ2n) is 6.01. The number of hydrogen-bond donors (Lipinski definition) is 1. The summed E-state index contributed by atoms with van der Waals surface area (Å²) in [4.78, 5) is 12.2. The first kappa shape index (κ1) is 20.0. The van der Waals surface area contributed by atoms with E-state index in [9.17, 15) is 13.2 Å². The van der Waals surface area contributed by atoms with Crippen LogP contribution in [0.3, 0.4) is 0 Å². The molecule has 1 aliphatic rings. The van der Waals surface area contributed by atoms with Gasteiger partial charge in [-0.3, -0.25) is 4.79 Å². The predicted molar refractivity (Wildman–Crippen MR) is 97.5 cm³/mol. The van der Waals surface area contributed by atoms with Crippen molar-refractivity contribution in [2.45, 2.75) is 50.5 Å². The van der Waals surface area contributed by atoms with Crippen molar-refractivity contribution in [2.75, 3.05) is 19.7 Å². The molecule has 0 atom stereocenters. The molecule has 1 fully saturated rings. The van der Waals surface area contributed by atoms with Crippen LogP contribution in [-0.4, -0.2) is 44.4 Å². The van der Waals surface area contributed by atoms with Crippen molar-refractivity contribution < 1.29 is 17.9 Å². The Hall–Kier alpha value is -1.31. The van der Waals surface area contributed by atoms with Gasteiger partial charge >= 0.3 is 0 Å². The number of sulfonamides is 1. The van der Waals surface area contributed by atoms with E-state index < -0.39 is 10.0 Å². The lowest BCUT2D eigenvalue weighted by Crippen LogP contribution is -2.43. The van der Waals surface area contributed by atoms with Crippen LogP contribution < -0.4 is 10.1 Å². The van der Waals surface area contributed by atoms with Crippen molar-refractivity contribution in [2.24, 2.45) is 0 Å². The van der Waals surface area contributed by atoms with Crippen molar-refractivity contribution in [1.82, 2.24) is 9.62 Å². The summed E-state index contributed by atoms with van der Waals surface area (Å²) in [7, 11) is -3.80. The van der Waals surface area contributed by atoms with Gasteiger partial charge in [0.15, 0.2) is 0 Å². The molecule has 1 aliphatic carbocycles. The minimum absolute atomic E-state index is 0.0523. The van der Waals surface area contributed by atoms with E-state index in [1.165, 1.54) is 18.2 Å². The Morgan fingerprint density at radius 1 is 1.32 bits per heavy atom. The van der Waals surface area contributed by atoms with Crippen LogP contribution in [0.25, 0.3) is 0 Å². The van der Waals surface area contributed by atoms with E-state index in [2.05, 4.69) is 5.32 Å². The molecule has 0 saturated heterocycles. The van der Waals surface area contributed by atoms with Gasteiger partial charge in [0.1, 0.15) is 5.75 Å². The van der Waals surface area contributed by atoms with Crippen molar-refractivity contribution in [3.05, 3.63) is 23.2 Å². The van der Waals surface area contributed by atoms with Crippen LogP contribution in [0.1, 0.15) is 39.5 Å². The molecule has 0 heterocycles. The van der Waals surface area contributed by atoms with Gasteiger partial charge in [0, 0.05) is 12.6 Å². The van der Waals surface area contributed by atoms with Crippen LogP contribution in [0.15, 0.2) is 23.1 Å². The third-order valence-electron chi connectivity index (χ3n) is 4.23. The first-order valence-corrected chi connectivity index (χ1v) is 10.4. The highest BCUT2D eigenvalue weighted by Crippen LogP contribution is 2.28. The number of rotatable bonds is 8. The summed E-state index contributed by atoms with van der Waals surface area (Å²) in [5, 5.41) is 3.14. The summed E-state index contributed by atoms with van der Waals surface area (Å²) >= 11 is 6.09. The normalized spacial score (nSPS) is 15.5. The summed E-state index contributed by atoms with van der Waals surface area (Å²) in [6.45, 7) is 3.97. The molecule has 1 N–H and O–H groups in total. The molecule has 140 valence electrons. The Bertz CT molecular complexity index is 703. The molecule has 25 heavy (non-hydrogen) atoms. The van der Waals surface area contributed by atoms with Gasteiger partial charge in [-0.1, -0.05) is 31.4 Å². The molecule has 0 bridgehead atoms. The smallest absolute Gasteiger partial charge is 0.243 e. The topological polar surface area (TPSA) is 75.7 Å². The fraction of sp³-hybridized carbons (Fsp3) is 0.588. The van der Waals surface area contributed by atoms with E-state index in [-0.39, 0.29) is 35.0 Å². The molecule has 1 amide bonds. The number of benzene rings is 1. The zero-order valence-corrected chi connectivity index (χ0v) is 16.2. The van der Waals surface area contributed by atoms with E-state index in [4.69, 9.17) is 16.3 Å². The van der Waals surface area contributed by atoms with Crippen molar-refractivity contribution in [3.63, 3.8) is 0 Å². The van der Waals surface area contributed by atoms with Crippen molar-refractivity contribution in [3.8, 4) is 5.75 Å². The number of amides is 1. The van der Waals surface area contributed by atoms with E-state index in [0.717, 1.165) is 30.0 Å². The van der Waals surface area contributed by atoms with Crippen molar-refractivity contribution >= 4 is 27.5 Å². The number of nitrogens with zero attached hydrogens (tertiary/aromatic N) is 1. The molecule has 1 aromatic carbocycles. The highest BCUT2D eigenvalue weighted by molar-refractivity contribution is 7.89. The number of nitrogens with one attached hydrogen (secondary N) is 1. The van der Waals surface area contributed by atoms with E-state index in [1.807, 2.05) is 6.92 Å². The maximum absolute atomic E-state index is 12.8. The SMILES string of the molecule is CCOc1ccc(S(=O)(=O)N(CC)CC(=O)NC2CCCC2)cc1Cl. The largest absolute Gasteiger partial charge is 0.492 e. The number of carbonyl (C=O) groups excluding carboxylic acids is 1. The molecule has 0 spiro atoms. The van der Waals surface area contributed by atoms with E-state index >= 15 is 0 Å². The Balaban J connectivity index is 2.11. The maximum Gasteiger partial charge on any atom is 0.243 e. The second-order valence-corrected chi connectivity index (χ2v) is 8.35. The number of ether oxygens (including phenoxy) is 1. The molecule has 8 heteroatoms. The van der Waals surface area contributed by atoms with Crippen LogP contribution in [0.2, 0.25) is 5.02 Å². The Labute approximate surface area is 154 Å². The van der Waals surface area contributed by atoms with E-state index in [0.29, 0.717) is 12.4 Å². The van der Waals surface area contributed by atoms with Crippen LogP contribution in [0, 0.1) is 0 Å². The average Bonchev–Trinajstić information content (AvgIpc) is 3.07. The minimum Gasteiger partial charge on any atom is -0.492 e. The van der Waals surface area contributed by atoms with Gasteiger partial charge < -0.3 is 10.1 Å². The van der Waals surface area contributed by atoms with Gasteiger partial charge in [-0.15, -0.1) is 0 Å². The molecule has 1 aromatic rings. The number of likely N-dealkylation sites (N-methyl/N-ethyl adjacent to an activating group) is 1. The van der Waals surface area contributed by atoms with Crippen LogP contribution in [0.4, 0.5) is 0 Å². The van der Waals surface area contributed by atoms with Crippen molar-refractivity contribution in [1.29, 1.82) is 0 Å². The molecular weight excluding hydrogens is 364 g/mol. The maximum atomic E-state index is 12.8. The highest BCUT2D eigenvalue weighted by Gasteiger charge is 2.27. The molecule has 0 aromatic heterocycles. The Morgan fingerprint density at radius 2 is 2.00 bits per heavy atom. The van der Waals surface area contributed by atoms with Crippen LogP contribution >= 0.6 is 11.6 Å². The lowest BCUT2D eigenvalue weighted by atomic mass is 10.2. The van der Waals surface area contributed by atoms with Crippen LogP contribution in [0.5, 0.6) is 5.75 Å². The molecule has 0 radical (unpaired) electrons. The number of carbonyl (C=O) groups is 1. The standard InChI is InChI=1S/C17H25ClN2O4S/c1-3-20(12-17(21)19-13-7-5-6-8-13)25(22,23)14-9-10-16(24-4-2)15(18)11-14/h9-11,13H,3-8,12H2,1-2H3,(H,19,21). The van der Waals surface area contributed by atoms with Gasteiger partial charge in [0.25, 0.3) is 0 Å². The predicted octanol–water partition coefficient (Wildman–Crippen LogP) is 2.81. The summed E-state index contributed by atoms with van der Waals surface area (Å²) in [6.07, 6.45) is 4.12. The van der Waals surface area contributed by atoms with E-state index in [1.54, 1.807) is 6.92 Å². The minimum atomic E-state index is -3.80. The third kappa shape index (κ3) is 5.09.